The third kappa shape index (κ3) is 3.63. The molecule has 0 saturated carbocycles. The lowest BCUT2D eigenvalue weighted by atomic mass is 10.2. The van der Waals surface area contributed by atoms with Crippen LogP contribution in [0.25, 0.3) is 0 Å². The summed E-state index contributed by atoms with van der Waals surface area (Å²) in [4.78, 5) is 0. The first kappa shape index (κ1) is 12.7. The molecule has 0 bridgehead atoms. The molecule has 0 aliphatic heterocycles. The van der Waals surface area contributed by atoms with Crippen molar-refractivity contribution in [3.8, 4) is 11.8 Å². The predicted molar refractivity (Wildman–Crippen MR) is 52.1 cm³/mol. The minimum absolute atomic E-state index is 0.206. The van der Waals surface area contributed by atoms with Crippen LogP contribution in [0.2, 0.25) is 5.02 Å². The molecule has 0 heterocycles. The normalized spacial score (nSPS) is 12.9. The zero-order chi connectivity index (χ0) is 12.2. The van der Waals surface area contributed by atoms with Gasteiger partial charge in [-0.2, -0.15) is 18.4 Å². The molecule has 0 fully saturated rings. The summed E-state index contributed by atoms with van der Waals surface area (Å²) in [5.41, 5.74) is 0. The molecule has 1 aromatic carbocycles. The number of nitrogens with zero attached hydrogens (tertiary/aromatic N) is 1. The van der Waals surface area contributed by atoms with Crippen molar-refractivity contribution < 1.29 is 17.9 Å². The highest BCUT2D eigenvalue weighted by atomic mass is 35.5. The van der Waals surface area contributed by atoms with E-state index in [1.807, 2.05) is 0 Å². The van der Waals surface area contributed by atoms with Crippen LogP contribution in [-0.2, 0) is 0 Å². The highest BCUT2D eigenvalue weighted by Crippen LogP contribution is 2.26. The summed E-state index contributed by atoms with van der Waals surface area (Å²) < 4.78 is 41.4. The van der Waals surface area contributed by atoms with Crippen LogP contribution in [0.15, 0.2) is 24.3 Å². The van der Waals surface area contributed by atoms with Crippen molar-refractivity contribution in [2.45, 2.75) is 6.18 Å². The van der Waals surface area contributed by atoms with Crippen LogP contribution in [0.3, 0.4) is 0 Å². The molecule has 0 aliphatic rings. The van der Waals surface area contributed by atoms with Crippen molar-refractivity contribution >= 4 is 11.6 Å². The third-order valence-electron chi connectivity index (χ3n) is 1.76. The first-order valence-electron chi connectivity index (χ1n) is 4.28. The second kappa shape index (κ2) is 5.08. The smallest absolute Gasteiger partial charge is 0.407 e. The van der Waals surface area contributed by atoms with Gasteiger partial charge >= 0.3 is 6.18 Å². The van der Waals surface area contributed by atoms with Crippen molar-refractivity contribution in [3.63, 3.8) is 0 Å². The van der Waals surface area contributed by atoms with Crippen LogP contribution in [0.5, 0.6) is 5.75 Å². The van der Waals surface area contributed by atoms with E-state index in [4.69, 9.17) is 21.6 Å². The molecule has 2 nitrogen and oxygen atoms in total. The second-order valence-corrected chi connectivity index (χ2v) is 3.43. The first-order chi connectivity index (χ1) is 7.43. The average Bonchev–Trinajstić information content (AvgIpc) is 2.16. The van der Waals surface area contributed by atoms with Crippen LogP contribution in [0.1, 0.15) is 0 Å². The standard InChI is InChI=1S/C10H7ClF3NO/c11-8-2-1-3-9(4-8)16-6-7(5-15)10(12,13)14/h1-4,7H,6H2. The number of halogens is 4. The fraction of sp³-hybridized carbons (Fsp3) is 0.300. The molecule has 0 spiro atoms. The number of benzene rings is 1. The molecule has 1 rings (SSSR count). The van der Waals surface area contributed by atoms with E-state index in [1.165, 1.54) is 12.1 Å². The number of alkyl halides is 3. The number of nitriles is 1. The maximum atomic E-state index is 12.2. The van der Waals surface area contributed by atoms with E-state index < -0.39 is 18.7 Å². The molecule has 6 heteroatoms. The van der Waals surface area contributed by atoms with E-state index in [0.29, 0.717) is 5.02 Å². The zero-order valence-electron chi connectivity index (χ0n) is 7.96. The Labute approximate surface area is 95.2 Å². The van der Waals surface area contributed by atoms with Gasteiger partial charge in [0.25, 0.3) is 0 Å². The highest BCUT2D eigenvalue weighted by molar-refractivity contribution is 6.30. The molecular weight excluding hydrogens is 243 g/mol. The van der Waals surface area contributed by atoms with Crippen molar-refractivity contribution in [2.24, 2.45) is 5.92 Å². The lowest BCUT2D eigenvalue weighted by molar-refractivity contribution is -0.165. The van der Waals surface area contributed by atoms with Crippen molar-refractivity contribution in [3.05, 3.63) is 29.3 Å². The van der Waals surface area contributed by atoms with Gasteiger partial charge in [0.15, 0.2) is 5.92 Å². The molecule has 86 valence electrons. The number of rotatable bonds is 3. The summed E-state index contributed by atoms with van der Waals surface area (Å²) in [5.74, 6) is -1.93. The van der Waals surface area contributed by atoms with Crippen molar-refractivity contribution in [1.82, 2.24) is 0 Å². The fourth-order valence-electron chi connectivity index (χ4n) is 0.941. The van der Waals surface area contributed by atoms with Crippen LogP contribution in [-0.4, -0.2) is 12.8 Å². The second-order valence-electron chi connectivity index (χ2n) is 2.99. The Kier molecular flexibility index (Phi) is 4.02. The molecule has 1 atom stereocenters. The molecule has 0 saturated heterocycles. The van der Waals surface area contributed by atoms with Gasteiger partial charge in [0, 0.05) is 5.02 Å². The number of hydrogen-bond donors (Lipinski definition) is 0. The Morgan fingerprint density at radius 1 is 1.44 bits per heavy atom. The highest BCUT2D eigenvalue weighted by Gasteiger charge is 2.40. The first-order valence-corrected chi connectivity index (χ1v) is 4.66. The molecule has 16 heavy (non-hydrogen) atoms. The van der Waals surface area contributed by atoms with Crippen LogP contribution in [0, 0.1) is 17.2 Å². The lowest BCUT2D eigenvalue weighted by Crippen LogP contribution is -2.27. The zero-order valence-corrected chi connectivity index (χ0v) is 8.72. The number of hydrogen-bond acceptors (Lipinski definition) is 2. The van der Waals surface area contributed by atoms with Gasteiger partial charge in [0.05, 0.1) is 6.07 Å². The van der Waals surface area contributed by atoms with E-state index in [9.17, 15) is 13.2 Å². The van der Waals surface area contributed by atoms with Crippen molar-refractivity contribution in [1.29, 1.82) is 5.26 Å². The largest absolute Gasteiger partial charge is 0.492 e. The predicted octanol–water partition coefficient (Wildman–Crippen LogP) is 3.42. The van der Waals surface area contributed by atoms with E-state index in [-0.39, 0.29) is 5.75 Å². The summed E-state index contributed by atoms with van der Waals surface area (Å²) in [5, 5.41) is 8.68. The van der Waals surface area contributed by atoms with Gasteiger partial charge in [0.2, 0.25) is 0 Å². The van der Waals surface area contributed by atoms with E-state index >= 15 is 0 Å². The molecule has 0 amide bonds. The number of ether oxygens (including phenoxy) is 1. The molecule has 0 aromatic heterocycles. The molecule has 0 aliphatic carbocycles. The van der Waals surface area contributed by atoms with Gasteiger partial charge in [-0.1, -0.05) is 17.7 Å². The van der Waals surface area contributed by atoms with Crippen LogP contribution >= 0.6 is 11.6 Å². The summed E-state index contributed by atoms with van der Waals surface area (Å²) in [6.07, 6.45) is -4.58. The Bertz CT molecular complexity index is 400. The van der Waals surface area contributed by atoms with E-state index in [1.54, 1.807) is 12.1 Å². The minimum Gasteiger partial charge on any atom is -0.492 e. The fourth-order valence-corrected chi connectivity index (χ4v) is 1.12. The Hall–Kier alpha value is -1.41. The average molecular weight is 250 g/mol. The summed E-state index contributed by atoms with van der Waals surface area (Å²) in [6.45, 7) is -0.736. The van der Waals surface area contributed by atoms with Gasteiger partial charge in [0.1, 0.15) is 12.4 Å². The SMILES string of the molecule is N#CC(COc1cccc(Cl)c1)C(F)(F)F. The van der Waals surface area contributed by atoms with Gasteiger partial charge in [-0.25, -0.2) is 0 Å². The van der Waals surface area contributed by atoms with Gasteiger partial charge < -0.3 is 4.74 Å². The van der Waals surface area contributed by atoms with Crippen LogP contribution < -0.4 is 4.74 Å². The van der Waals surface area contributed by atoms with Gasteiger partial charge in [-0.15, -0.1) is 0 Å². The van der Waals surface area contributed by atoms with E-state index in [0.717, 1.165) is 6.07 Å². The molecular formula is C10H7ClF3NO. The minimum atomic E-state index is -4.58. The summed E-state index contributed by atoms with van der Waals surface area (Å²) in [6, 6.07) is 7.11. The van der Waals surface area contributed by atoms with Crippen LogP contribution in [0.4, 0.5) is 13.2 Å². The Morgan fingerprint density at radius 2 is 2.12 bits per heavy atom. The quantitative estimate of drug-likeness (QED) is 0.822. The van der Waals surface area contributed by atoms with Crippen molar-refractivity contribution in [2.75, 3.05) is 6.61 Å². The lowest BCUT2D eigenvalue weighted by Gasteiger charge is -2.14. The monoisotopic (exact) mass is 249 g/mol. The van der Waals surface area contributed by atoms with Gasteiger partial charge in [-0.3, -0.25) is 0 Å². The van der Waals surface area contributed by atoms with E-state index in [2.05, 4.69) is 0 Å². The maximum absolute atomic E-state index is 12.2. The maximum Gasteiger partial charge on any atom is 0.407 e. The molecule has 0 radical (unpaired) electrons. The topological polar surface area (TPSA) is 33.0 Å². The Morgan fingerprint density at radius 3 is 2.62 bits per heavy atom. The van der Waals surface area contributed by atoms with Gasteiger partial charge in [-0.05, 0) is 18.2 Å². The molecule has 0 N–H and O–H groups in total. The Balaban J connectivity index is 2.61. The molecule has 1 aromatic rings. The summed E-state index contributed by atoms with van der Waals surface area (Å²) >= 11 is 5.62. The summed E-state index contributed by atoms with van der Waals surface area (Å²) in [7, 11) is 0. The molecule has 1 unspecified atom stereocenters. The third-order valence-corrected chi connectivity index (χ3v) is 2.00.